The zero-order chi connectivity index (χ0) is 9.19. The lowest BCUT2D eigenvalue weighted by molar-refractivity contribution is 0.372. The molecule has 0 aromatic heterocycles. The van der Waals surface area contributed by atoms with Gasteiger partial charge >= 0.3 is 0 Å². The van der Waals surface area contributed by atoms with Crippen molar-refractivity contribution in [2.24, 2.45) is 0 Å². The second-order valence-electron chi connectivity index (χ2n) is 4.47. The summed E-state index contributed by atoms with van der Waals surface area (Å²) >= 11 is 0. The molecule has 1 aliphatic heterocycles. The Morgan fingerprint density at radius 3 is 2.33 bits per heavy atom. The molecule has 2 atom stereocenters. The average molecular weight is 182 g/mol. The summed E-state index contributed by atoms with van der Waals surface area (Å²) < 4.78 is 5.29. The minimum absolute atomic E-state index is 0.499. The van der Waals surface area contributed by atoms with E-state index in [0.717, 1.165) is 12.8 Å². The monoisotopic (exact) mass is 182 g/mol. The van der Waals surface area contributed by atoms with Gasteiger partial charge in [0.05, 0.1) is 12.2 Å². The highest BCUT2D eigenvalue weighted by Gasteiger charge is 2.32. The first kappa shape index (κ1) is 9.82. The second kappa shape index (κ2) is 3.63. The van der Waals surface area contributed by atoms with Crippen LogP contribution in [0.1, 0.15) is 19.8 Å². The molecule has 1 saturated heterocycles. The van der Waals surface area contributed by atoms with Crippen molar-refractivity contribution in [3.63, 3.8) is 0 Å². The third-order valence-corrected chi connectivity index (χ3v) is 2.78. The van der Waals surface area contributed by atoms with Gasteiger partial charge in [-0.3, -0.25) is 0 Å². The topological polar surface area (TPSA) is 12.5 Å². The summed E-state index contributed by atoms with van der Waals surface area (Å²) in [5, 5.41) is 0. The molecule has 12 heavy (non-hydrogen) atoms. The average Bonchev–Trinajstić information content (AvgIpc) is 2.57. The van der Waals surface area contributed by atoms with Crippen LogP contribution in [0.4, 0.5) is 0 Å². The lowest BCUT2D eigenvalue weighted by atomic mass is 10.2. The Hall–Kier alpha value is -0.263. The molecule has 2 unspecified atom stereocenters. The van der Waals surface area contributed by atoms with Crippen molar-refractivity contribution in [1.82, 2.24) is 0 Å². The van der Waals surface area contributed by atoms with Crippen LogP contribution in [0.3, 0.4) is 0 Å². The Labute approximate surface area is 76.5 Å². The first-order chi connectivity index (χ1) is 5.49. The third kappa shape index (κ3) is 3.94. The molecule has 1 heterocycles. The van der Waals surface area contributed by atoms with Crippen LogP contribution in [-0.4, -0.2) is 20.3 Å². The minimum atomic E-state index is -1.13. The molecule has 0 N–H and O–H groups in total. The zero-order valence-electron chi connectivity index (χ0n) is 8.48. The second-order valence-corrected chi connectivity index (χ2v) is 9.22. The van der Waals surface area contributed by atoms with Crippen molar-refractivity contribution < 1.29 is 4.74 Å². The largest absolute Gasteiger partial charge is 0.370 e. The third-order valence-electron chi connectivity index (χ3n) is 1.85. The van der Waals surface area contributed by atoms with Crippen LogP contribution < -0.4 is 0 Å². The fraction of sp³-hybridized carbons (Fsp3) is 0.800. The summed E-state index contributed by atoms with van der Waals surface area (Å²) in [4.78, 5) is 0. The molecule has 0 aromatic carbocycles. The first-order valence-corrected chi connectivity index (χ1v) is 8.14. The van der Waals surface area contributed by atoms with Crippen LogP contribution in [0.15, 0.2) is 0 Å². The molecule has 1 nitrogen and oxygen atoms in total. The van der Waals surface area contributed by atoms with Gasteiger partial charge in [-0.15, -0.1) is 11.5 Å². The fourth-order valence-electron chi connectivity index (χ4n) is 1.08. The molecule has 0 spiro atoms. The highest BCUT2D eigenvalue weighted by atomic mass is 28.3. The molecule has 2 heteroatoms. The molecule has 0 saturated carbocycles. The normalized spacial score (nSPS) is 27.7. The molecule has 0 bridgehead atoms. The van der Waals surface area contributed by atoms with Gasteiger partial charge in [0.25, 0.3) is 0 Å². The van der Waals surface area contributed by atoms with Crippen molar-refractivity contribution in [2.75, 3.05) is 0 Å². The minimum Gasteiger partial charge on any atom is -0.370 e. The van der Waals surface area contributed by atoms with E-state index in [1.54, 1.807) is 0 Å². The van der Waals surface area contributed by atoms with Gasteiger partial charge in [-0.1, -0.05) is 19.6 Å². The van der Waals surface area contributed by atoms with Crippen LogP contribution in [0.2, 0.25) is 19.6 Å². The molecule has 0 radical (unpaired) electrons. The predicted octanol–water partition coefficient (Wildman–Crippen LogP) is 2.43. The molecule has 1 rings (SSSR count). The number of rotatable bonds is 2. The standard InChI is InChI=1S/C10H18OSi/c1-9-10(11-9)7-5-6-8-12(2,3)4/h9-10H,5,7H2,1-4H3. The van der Waals surface area contributed by atoms with Crippen LogP contribution in [0.25, 0.3) is 0 Å². The maximum absolute atomic E-state index is 5.29. The Morgan fingerprint density at radius 1 is 1.33 bits per heavy atom. The van der Waals surface area contributed by atoms with Crippen LogP contribution in [0, 0.1) is 11.5 Å². The molecular weight excluding hydrogens is 164 g/mol. The molecule has 1 aliphatic rings. The first-order valence-electron chi connectivity index (χ1n) is 4.64. The maximum atomic E-state index is 5.29. The van der Waals surface area contributed by atoms with Gasteiger partial charge in [-0.25, -0.2) is 0 Å². The smallest absolute Gasteiger partial charge is 0.129 e. The van der Waals surface area contributed by atoms with Crippen molar-refractivity contribution >= 4 is 8.07 Å². The van der Waals surface area contributed by atoms with E-state index in [-0.39, 0.29) is 0 Å². The van der Waals surface area contributed by atoms with E-state index in [2.05, 4.69) is 38.0 Å². The summed E-state index contributed by atoms with van der Waals surface area (Å²) in [7, 11) is -1.13. The summed E-state index contributed by atoms with van der Waals surface area (Å²) in [6.07, 6.45) is 3.15. The lowest BCUT2D eigenvalue weighted by Crippen LogP contribution is -2.16. The van der Waals surface area contributed by atoms with Gasteiger partial charge in [-0.05, 0) is 13.3 Å². The highest BCUT2D eigenvalue weighted by Crippen LogP contribution is 2.25. The van der Waals surface area contributed by atoms with Crippen LogP contribution in [-0.2, 0) is 4.74 Å². The summed E-state index contributed by atoms with van der Waals surface area (Å²) in [5.74, 6) is 3.25. The van der Waals surface area contributed by atoms with Crippen LogP contribution >= 0.6 is 0 Å². The van der Waals surface area contributed by atoms with E-state index in [9.17, 15) is 0 Å². The van der Waals surface area contributed by atoms with Crippen molar-refractivity contribution in [1.29, 1.82) is 0 Å². The van der Waals surface area contributed by atoms with E-state index in [1.807, 2.05) is 0 Å². The SMILES string of the molecule is CC1OC1CCC#C[Si](C)(C)C. The Morgan fingerprint density at radius 2 is 1.92 bits per heavy atom. The summed E-state index contributed by atoms with van der Waals surface area (Å²) in [5.41, 5.74) is 3.35. The molecule has 68 valence electrons. The Kier molecular flexibility index (Phi) is 2.97. The van der Waals surface area contributed by atoms with E-state index in [4.69, 9.17) is 4.74 Å². The lowest BCUT2D eigenvalue weighted by Gasteiger charge is -2.02. The van der Waals surface area contributed by atoms with Gasteiger partial charge in [0, 0.05) is 6.42 Å². The van der Waals surface area contributed by atoms with Crippen molar-refractivity contribution in [3.8, 4) is 11.5 Å². The molecule has 0 aromatic rings. The number of hydrogen-bond acceptors (Lipinski definition) is 1. The molecule has 1 fully saturated rings. The number of ether oxygens (including phenoxy) is 1. The summed E-state index contributed by atoms with van der Waals surface area (Å²) in [6, 6.07) is 0. The van der Waals surface area contributed by atoms with Gasteiger partial charge in [0.1, 0.15) is 8.07 Å². The van der Waals surface area contributed by atoms with E-state index >= 15 is 0 Å². The van der Waals surface area contributed by atoms with Gasteiger partial charge in [0.2, 0.25) is 0 Å². The van der Waals surface area contributed by atoms with Crippen LogP contribution in [0.5, 0.6) is 0 Å². The van der Waals surface area contributed by atoms with Gasteiger partial charge in [0.15, 0.2) is 0 Å². The van der Waals surface area contributed by atoms with E-state index in [0.29, 0.717) is 12.2 Å². The maximum Gasteiger partial charge on any atom is 0.129 e. The fourth-order valence-corrected chi connectivity index (χ4v) is 1.73. The highest BCUT2D eigenvalue weighted by molar-refractivity contribution is 6.83. The molecule has 0 aliphatic carbocycles. The summed E-state index contributed by atoms with van der Waals surface area (Å²) in [6.45, 7) is 8.94. The number of hydrogen-bond donors (Lipinski definition) is 0. The van der Waals surface area contributed by atoms with Gasteiger partial charge in [-0.2, -0.15) is 0 Å². The quantitative estimate of drug-likeness (QED) is 0.363. The molecular formula is C10H18OSi. The van der Waals surface area contributed by atoms with Gasteiger partial charge < -0.3 is 4.74 Å². The Balaban J connectivity index is 2.12. The predicted molar refractivity (Wildman–Crippen MR) is 54.7 cm³/mol. The van der Waals surface area contributed by atoms with Crippen molar-refractivity contribution in [3.05, 3.63) is 0 Å². The van der Waals surface area contributed by atoms with Crippen molar-refractivity contribution in [2.45, 2.75) is 51.6 Å². The zero-order valence-corrected chi connectivity index (χ0v) is 9.48. The molecule has 0 amide bonds. The van der Waals surface area contributed by atoms with E-state index in [1.165, 1.54) is 0 Å². The van der Waals surface area contributed by atoms with E-state index < -0.39 is 8.07 Å². The Bertz CT molecular complexity index is 206. The number of epoxide rings is 1.